The minimum Gasteiger partial charge on any atom is -0.366 e. The molecule has 0 aromatic heterocycles. The topological polar surface area (TPSA) is 72.2 Å². The third kappa shape index (κ3) is 2.85. The van der Waals surface area contributed by atoms with Crippen LogP contribution in [0, 0.1) is 0 Å². The third-order valence-corrected chi connectivity index (χ3v) is 1.96. The lowest BCUT2D eigenvalue weighted by Crippen LogP contribution is -2.12. The van der Waals surface area contributed by atoms with Crippen LogP contribution in [0.3, 0.4) is 0 Å². The lowest BCUT2D eigenvalue weighted by molar-refractivity contribution is -0.114. The van der Waals surface area contributed by atoms with E-state index in [9.17, 15) is 9.59 Å². The van der Waals surface area contributed by atoms with Crippen molar-refractivity contribution in [3.05, 3.63) is 28.2 Å². The van der Waals surface area contributed by atoms with E-state index in [1.54, 1.807) is 12.1 Å². The predicted octanol–water partition coefficient (Wildman–Crippen LogP) is 1.51. The van der Waals surface area contributed by atoms with E-state index in [1.807, 2.05) is 0 Å². The van der Waals surface area contributed by atoms with Crippen molar-refractivity contribution in [3.63, 3.8) is 0 Å². The summed E-state index contributed by atoms with van der Waals surface area (Å²) in [5.41, 5.74) is 6.00. The quantitative estimate of drug-likeness (QED) is 0.842. The molecule has 0 atom stereocenters. The zero-order valence-corrected chi connectivity index (χ0v) is 9.09. The first kappa shape index (κ1) is 10.7. The van der Waals surface area contributed by atoms with Crippen molar-refractivity contribution in [1.29, 1.82) is 0 Å². The largest absolute Gasteiger partial charge is 0.366 e. The van der Waals surface area contributed by atoms with Gasteiger partial charge in [0.25, 0.3) is 0 Å². The number of hydrogen-bond donors (Lipinski definition) is 2. The van der Waals surface area contributed by atoms with E-state index in [2.05, 4.69) is 21.2 Å². The summed E-state index contributed by atoms with van der Waals surface area (Å²) < 4.78 is 0.692. The number of nitrogens with two attached hydrogens (primary N) is 1. The molecule has 0 heterocycles. The van der Waals surface area contributed by atoms with Crippen molar-refractivity contribution in [2.75, 3.05) is 5.32 Å². The van der Waals surface area contributed by atoms with Gasteiger partial charge in [-0.05, 0) is 18.2 Å². The molecule has 5 heteroatoms. The highest BCUT2D eigenvalue weighted by atomic mass is 79.9. The summed E-state index contributed by atoms with van der Waals surface area (Å²) in [7, 11) is 0. The van der Waals surface area contributed by atoms with Crippen LogP contribution in [-0.4, -0.2) is 11.8 Å². The minimum atomic E-state index is -0.530. The zero-order valence-electron chi connectivity index (χ0n) is 7.50. The van der Waals surface area contributed by atoms with Gasteiger partial charge in [0.05, 0.1) is 0 Å². The first-order chi connectivity index (χ1) is 6.49. The summed E-state index contributed by atoms with van der Waals surface area (Å²) in [5, 5.41) is 2.56. The van der Waals surface area contributed by atoms with Gasteiger partial charge in [-0.2, -0.15) is 0 Å². The van der Waals surface area contributed by atoms with Gasteiger partial charge in [-0.15, -0.1) is 0 Å². The van der Waals surface area contributed by atoms with Crippen LogP contribution in [-0.2, 0) is 4.79 Å². The molecular weight excluding hydrogens is 248 g/mol. The Morgan fingerprint density at radius 3 is 2.50 bits per heavy atom. The molecule has 2 amide bonds. The molecule has 4 nitrogen and oxygen atoms in total. The Morgan fingerprint density at radius 1 is 1.36 bits per heavy atom. The summed E-state index contributed by atoms with van der Waals surface area (Å²) in [6, 6.07) is 4.80. The van der Waals surface area contributed by atoms with Crippen molar-refractivity contribution in [1.82, 2.24) is 0 Å². The summed E-state index contributed by atoms with van der Waals surface area (Å²) >= 11 is 3.21. The van der Waals surface area contributed by atoms with E-state index in [1.165, 1.54) is 13.0 Å². The van der Waals surface area contributed by atoms with Gasteiger partial charge in [-0.3, -0.25) is 9.59 Å². The van der Waals surface area contributed by atoms with Crippen molar-refractivity contribution >= 4 is 33.4 Å². The molecule has 0 aliphatic carbocycles. The van der Waals surface area contributed by atoms with Crippen LogP contribution in [0.1, 0.15) is 17.3 Å². The van der Waals surface area contributed by atoms with Crippen LogP contribution in [0.5, 0.6) is 0 Å². The SMILES string of the molecule is CC(=O)Nc1cc(Br)cc(C(N)=O)c1. The molecule has 1 aromatic rings. The predicted molar refractivity (Wildman–Crippen MR) is 57.0 cm³/mol. The highest BCUT2D eigenvalue weighted by Crippen LogP contribution is 2.19. The van der Waals surface area contributed by atoms with E-state index in [0.717, 1.165) is 0 Å². The third-order valence-electron chi connectivity index (χ3n) is 1.50. The van der Waals surface area contributed by atoms with Crippen LogP contribution in [0.15, 0.2) is 22.7 Å². The van der Waals surface area contributed by atoms with Gasteiger partial charge in [-0.1, -0.05) is 15.9 Å². The van der Waals surface area contributed by atoms with Crippen molar-refractivity contribution in [3.8, 4) is 0 Å². The first-order valence-corrected chi connectivity index (χ1v) is 4.66. The highest BCUT2D eigenvalue weighted by Gasteiger charge is 2.04. The molecule has 0 saturated carbocycles. The van der Waals surface area contributed by atoms with Crippen LogP contribution in [0.2, 0.25) is 0 Å². The van der Waals surface area contributed by atoms with Crippen LogP contribution in [0.25, 0.3) is 0 Å². The molecule has 74 valence electrons. The normalized spacial score (nSPS) is 9.57. The zero-order chi connectivity index (χ0) is 10.7. The summed E-state index contributed by atoms with van der Waals surface area (Å²) in [4.78, 5) is 21.6. The lowest BCUT2D eigenvalue weighted by Gasteiger charge is -2.04. The summed E-state index contributed by atoms with van der Waals surface area (Å²) in [5.74, 6) is -0.726. The van der Waals surface area contributed by atoms with E-state index >= 15 is 0 Å². The molecule has 0 unspecified atom stereocenters. The number of nitrogens with one attached hydrogen (secondary N) is 1. The fraction of sp³-hybridized carbons (Fsp3) is 0.111. The Morgan fingerprint density at radius 2 is 2.00 bits per heavy atom. The molecule has 0 saturated heterocycles. The molecule has 0 radical (unpaired) electrons. The second-order valence-electron chi connectivity index (χ2n) is 2.77. The average molecular weight is 257 g/mol. The van der Waals surface area contributed by atoms with E-state index in [4.69, 9.17) is 5.73 Å². The number of carbonyl (C=O) groups is 2. The fourth-order valence-corrected chi connectivity index (χ4v) is 1.50. The Bertz CT molecular complexity index is 390. The van der Waals surface area contributed by atoms with E-state index in [0.29, 0.717) is 15.7 Å². The Labute approximate surface area is 89.6 Å². The number of anilines is 1. The van der Waals surface area contributed by atoms with Gasteiger partial charge >= 0.3 is 0 Å². The second kappa shape index (κ2) is 4.23. The van der Waals surface area contributed by atoms with Crippen molar-refractivity contribution in [2.45, 2.75) is 6.92 Å². The van der Waals surface area contributed by atoms with E-state index in [-0.39, 0.29) is 5.91 Å². The summed E-state index contributed by atoms with van der Waals surface area (Å²) in [6.45, 7) is 1.39. The van der Waals surface area contributed by atoms with E-state index < -0.39 is 5.91 Å². The van der Waals surface area contributed by atoms with Gasteiger partial charge in [0.2, 0.25) is 11.8 Å². The monoisotopic (exact) mass is 256 g/mol. The molecule has 1 rings (SSSR count). The maximum Gasteiger partial charge on any atom is 0.248 e. The first-order valence-electron chi connectivity index (χ1n) is 3.87. The molecule has 0 spiro atoms. The molecule has 0 fully saturated rings. The number of rotatable bonds is 2. The van der Waals surface area contributed by atoms with Crippen molar-refractivity contribution < 1.29 is 9.59 Å². The van der Waals surface area contributed by atoms with Crippen molar-refractivity contribution in [2.24, 2.45) is 5.73 Å². The number of hydrogen-bond acceptors (Lipinski definition) is 2. The lowest BCUT2D eigenvalue weighted by atomic mass is 10.2. The summed E-state index contributed by atoms with van der Waals surface area (Å²) in [6.07, 6.45) is 0. The molecule has 3 N–H and O–H groups in total. The number of amides is 2. The number of primary amides is 1. The highest BCUT2D eigenvalue weighted by molar-refractivity contribution is 9.10. The standard InChI is InChI=1S/C9H9BrN2O2/c1-5(13)12-8-3-6(9(11)14)2-7(10)4-8/h2-4H,1H3,(H2,11,14)(H,12,13). The van der Waals surface area contributed by atoms with Gasteiger partial charge in [-0.25, -0.2) is 0 Å². The molecule has 0 aliphatic rings. The molecular formula is C9H9BrN2O2. The Balaban J connectivity index is 3.07. The van der Waals surface area contributed by atoms with Gasteiger partial charge < -0.3 is 11.1 Å². The van der Waals surface area contributed by atoms with Crippen LogP contribution < -0.4 is 11.1 Å². The fourth-order valence-electron chi connectivity index (χ4n) is 1.01. The number of benzene rings is 1. The molecule has 0 bridgehead atoms. The van der Waals surface area contributed by atoms with Crippen LogP contribution in [0.4, 0.5) is 5.69 Å². The smallest absolute Gasteiger partial charge is 0.248 e. The molecule has 1 aromatic carbocycles. The van der Waals surface area contributed by atoms with Gasteiger partial charge in [0, 0.05) is 22.6 Å². The van der Waals surface area contributed by atoms with Gasteiger partial charge in [0.15, 0.2) is 0 Å². The Hall–Kier alpha value is -1.36. The average Bonchev–Trinajstić information content (AvgIpc) is 2.01. The maximum absolute atomic E-state index is 10.9. The number of halogens is 1. The maximum atomic E-state index is 10.9. The minimum absolute atomic E-state index is 0.196. The molecule has 14 heavy (non-hydrogen) atoms. The second-order valence-corrected chi connectivity index (χ2v) is 3.69. The van der Waals surface area contributed by atoms with Crippen LogP contribution >= 0.6 is 15.9 Å². The number of carbonyl (C=O) groups excluding carboxylic acids is 2. The molecule has 0 aliphatic heterocycles. The van der Waals surface area contributed by atoms with Gasteiger partial charge in [0.1, 0.15) is 0 Å². The Kier molecular flexibility index (Phi) is 3.24.